The molecule has 25 heavy (non-hydrogen) atoms. The van der Waals surface area contributed by atoms with Crippen molar-refractivity contribution < 1.29 is 37.9 Å². The molecule has 0 spiro atoms. The zero-order valence-corrected chi connectivity index (χ0v) is 16.1. The number of rotatable bonds is 6. The fourth-order valence-electron chi connectivity index (χ4n) is 4.04. The van der Waals surface area contributed by atoms with Crippen LogP contribution >= 0.6 is 0 Å². The first-order valence-electron chi connectivity index (χ1n) is 8.60. The Hall–Kier alpha value is -0.320. The Balaban J connectivity index is 1.96. The van der Waals surface area contributed by atoms with E-state index in [2.05, 4.69) is 0 Å². The van der Waals surface area contributed by atoms with Crippen LogP contribution in [0.5, 0.6) is 0 Å². The lowest BCUT2D eigenvalue weighted by Gasteiger charge is -2.46. The average Bonchev–Trinajstić information content (AvgIpc) is 2.98. The van der Waals surface area contributed by atoms with E-state index in [9.17, 15) is 0 Å². The van der Waals surface area contributed by atoms with Crippen molar-refractivity contribution in [3.05, 3.63) is 0 Å². The summed E-state index contributed by atoms with van der Waals surface area (Å²) in [4.78, 5) is 0. The summed E-state index contributed by atoms with van der Waals surface area (Å²) in [5, 5.41) is 0. The van der Waals surface area contributed by atoms with Crippen LogP contribution in [0, 0.1) is 0 Å². The summed E-state index contributed by atoms with van der Waals surface area (Å²) in [6.45, 7) is 8.09. The maximum absolute atomic E-state index is 6.26. The molecule has 3 heterocycles. The molecule has 0 aromatic heterocycles. The molecule has 3 aliphatic rings. The Kier molecular flexibility index (Phi) is 5.20. The molecule has 0 aromatic carbocycles. The summed E-state index contributed by atoms with van der Waals surface area (Å²) in [5.74, 6) is -2.75. The zero-order valence-electron chi connectivity index (χ0n) is 16.1. The molecular weight excluding hydrogens is 332 g/mol. The monoisotopic (exact) mass is 362 g/mol. The van der Waals surface area contributed by atoms with E-state index in [1.54, 1.807) is 21.3 Å². The summed E-state index contributed by atoms with van der Waals surface area (Å²) in [6.07, 6.45) is -2.06. The molecule has 3 saturated heterocycles. The van der Waals surface area contributed by atoms with Crippen LogP contribution in [0.25, 0.3) is 0 Å². The molecule has 0 bridgehead atoms. The van der Waals surface area contributed by atoms with Gasteiger partial charge in [-0.15, -0.1) is 0 Å². The van der Waals surface area contributed by atoms with Gasteiger partial charge >= 0.3 is 0 Å². The predicted octanol–water partition coefficient (Wildman–Crippen LogP) is 1.06. The van der Waals surface area contributed by atoms with E-state index in [4.69, 9.17) is 37.9 Å². The van der Waals surface area contributed by atoms with Gasteiger partial charge in [0.25, 0.3) is 0 Å². The van der Waals surface area contributed by atoms with Crippen LogP contribution in [-0.2, 0) is 37.9 Å². The van der Waals surface area contributed by atoms with Crippen LogP contribution in [0.1, 0.15) is 27.7 Å². The maximum atomic E-state index is 6.26. The molecule has 146 valence electrons. The van der Waals surface area contributed by atoms with Crippen molar-refractivity contribution in [2.24, 2.45) is 0 Å². The lowest BCUT2D eigenvalue weighted by Crippen LogP contribution is -2.67. The molecule has 3 rings (SSSR count). The van der Waals surface area contributed by atoms with Crippen molar-refractivity contribution in [3.8, 4) is 0 Å². The van der Waals surface area contributed by atoms with Crippen LogP contribution in [0.4, 0.5) is 0 Å². The second-order valence-electron chi connectivity index (χ2n) is 7.60. The second kappa shape index (κ2) is 6.69. The molecule has 8 heteroatoms. The van der Waals surface area contributed by atoms with Gasteiger partial charge in [-0.3, -0.25) is 0 Å². The van der Waals surface area contributed by atoms with Crippen molar-refractivity contribution >= 4 is 0 Å². The summed E-state index contributed by atoms with van der Waals surface area (Å²) in [6, 6.07) is 0. The molecule has 0 saturated carbocycles. The number of hydrogen-bond acceptors (Lipinski definition) is 8. The Labute approximate surface area is 148 Å². The highest BCUT2D eigenvalue weighted by atomic mass is 16.9. The van der Waals surface area contributed by atoms with E-state index in [0.29, 0.717) is 13.2 Å². The van der Waals surface area contributed by atoms with Gasteiger partial charge in [-0.25, -0.2) is 0 Å². The van der Waals surface area contributed by atoms with Crippen molar-refractivity contribution in [3.63, 3.8) is 0 Å². The maximum Gasteiger partial charge on any atom is 0.230 e. The number of fused-ring (bicyclic) bond motifs is 3. The summed E-state index contributed by atoms with van der Waals surface area (Å²) < 4.78 is 47.3. The molecule has 0 aromatic rings. The van der Waals surface area contributed by atoms with Gasteiger partial charge in [0, 0.05) is 21.3 Å². The van der Waals surface area contributed by atoms with Gasteiger partial charge < -0.3 is 37.9 Å². The molecule has 0 unspecified atom stereocenters. The minimum atomic E-state index is -1.18. The highest BCUT2D eigenvalue weighted by Crippen LogP contribution is 2.50. The fraction of sp³-hybridized carbons (Fsp3) is 1.00. The summed E-state index contributed by atoms with van der Waals surface area (Å²) >= 11 is 0. The van der Waals surface area contributed by atoms with Crippen LogP contribution in [0.2, 0.25) is 0 Å². The van der Waals surface area contributed by atoms with Crippen molar-refractivity contribution in [1.82, 2.24) is 0 Å². The van der Waals surface area contributed by atoms with Crippen LogP contribution in [-0.4, -0.2) is 82.4 Å². The lowest BCUT2D eigenvalue weighted by molar-refractivity contribution is -0.336. The summed E-state index contributed by atoms with van der Waals surface area (Å²) in [7, 11) is 4.81. The van der Waals surface area contributed by atoms with Crippen LogP contribution in [0.3, 0.4) is 0 Å². The number of ether oxygens (including phenoxy) is 8. The van der Waals surface area contributed by atoms with Crippen LogP contribution < -0.4 is 0 Å². The second-order valence-corrected chi connectivity index (χ2v) is 7.60. The minimum Gasteiger partial charge on any atom is -0.382 e. The topological polar surface area (TPSA) is 73.8 Å². The summed E-state index contributed by atoms with van der Waals surface area (Å²) in [5.41, 5.74) is 0. The first kappa shape index (κ1) is 19.4. The van der Waals surface area contributed by atoms with Gasteiger partial charge in [0.15, 0.2) is 11.6 Å². The molecular formula is C17H30O8. The quantitative estimate of drug-likeness (QED) is 0.695. The van der Waals surface area contributed by atoms with Crippen molar-refractivity contribution in [2.45, 2.75) is 75.6 Å². The number of hydrogen-bond donors (Lipinski definition) is 0. The van der Waals surface area contributed by atoms with Gasteiger partial charge in [-0.2, -0.15) is 0 Å². The van der Waals surface area contributed by atoms with Crippen molar-refractivity contribution in [2.75, 3.05) is 34.5 Å². The molecule has 0 aliphatic carbocycles. The standard InChI is InChI=1S/C17H30O8/c1-15(2)22-10-9-21-17(13(20-7)11(19-6)8-18-5)14(12(10)23-15)24-16(3,4)25-17/h10-14H,8-9H2,1-7H3/t10-,11-,12-,13-,14+,17+/m1/s1. The Morgan fingerprint density at radius 3 is 2.28 bits per heavy atom. The SMILES string of the molecule is COC[C@@H](OC)[C@@H](OC)[C@@]12OC[C@H]3OC(C)(C)O[C@H]3[C@@H]1OC(C)(C)O2. The Morgan fingerprint density at radius 2 is 1.68 bits per heavy atom. The minimum absolute atomic E-state index is 0.230. The van der Waals surface area contributed by atoms with Gasteiger partial charge in [0.2, 0.25) is 5.79 Å². The highest BCUT2D eigenvalue weighted by molar-refractivity contribution is 5.08. The van der Waals surface area contributed by atoms with Gasteiger partial charge in [-0.05, 0) is 27.7 Å². The predicted molar refractivity (Wildman–Crippen MR) is 86.0 cm³/mol. The van der Waals surface area contributed by atoms with Gasteiger partial charge in [0.1, 0.15) is 30.5 Å². The molecule has 0 N–H and O–H groups in total. The molecule has 8 nitrogen and oxygen atoms in total. The first-order valence-corrected chi connectivity index (χ1v) is 8.60. The molecule has 6 atom stereocenters. The third-order valence-electron chi connectivity index (χ3n) is 4.83. The zero-order chi connectivity index (χ0) is 18.5. The third kappa shape index (κ3) is 3.35. The van der Waals surface area contributed by atoms with Crippen LogP contribution in [0.15, 0.2) is 0 Å². The normalized spacial score (nSPS) is 41.2. The van der Waals surface area contributed by atoms with E-state index >= 15 is 0 Å². The van der Waals surface area contributed by atoms with Gasteiger partial charge in [-0.1, -0.05) is 0 Å². The Bertz CT molecular complexity index is 481. The van der Waals surface area contributed by atoms with Crippen molar-refractivity contribution in [1.29, 1.82) is 0 Å². The van der Waals surface area contributed by atoms with E-state index in [-0.39, 0.29) is 12.2 Å². The fourth-order valence-corrected chi connectivity index (χ4v) is 4.04. The van der Waals surface area contributed by atoms with E-state index < -0.39 is 35.7 Å². The van der Waals surface area contributed by atoms with Gasteiger partial charge in [0.05, 0.1) is 13.2 Å². The molecule has 0 amide bonds. The largest absolute Gasteiger partial charge is 0.382 e. The molecule has 3 aliphatic heterocycles. The third-order valence-corrected chi connectivity index (χ3v) is 4.83. The lowest BCUT2D eigenvalue weighted by atomic mass is 9.90. The average molecular weight is 362 g/mol. The smallest absolute Gasteiger partial charge is 0.230 e. The van der Waals surface area contributed by atoms with E-state index in [1.165, 1.54) is 0 Å². The number of methoxy groups -OCH3 is 3. The molecule has 3 fully saturated rings. The van der Waals surface area contributed by atoms with E-state index in [0.717, 1.165) is 0 Å². The first-order chi connectivity index (χ1) is 11.7. The molecule has 0 radical (unpaired) electrons. The Morgan fingerprint density at radius 1 is 0.960 bits per heavy atom. The highest BCUT2D eigenvalue weighted by Gasteiger charge is 2.69. The van der Waals surface area contributed by atoms with E-state index in [1.807, 2.05) is 27.7 Å².